The third kappa shape index (κ3) is 7.07. The minimum Gasteiger partial charge on any atom is -0.376 e. The molecule has 0 saturated carbocycles. The van der Waals surface area contributed by atoms with Crippen LogP contribution < -0.4 is 0 Å². The second-order valence-corrected chi connectivity index (χ2v) is 10.6. The van der Waals surface area contributed by atoms with Crippen molar-refractivity contribution in [2.45, 2.75) is 39.0 Å². The standard InChI is InChI=1S/C27H28Cl2N2O3S/c1-19-9-11-35-25(19)17-30(15-20-6-3-2-4-7-20)26(32)18-31(16-24-8-5-10-34-24)27(33)21-12-22(28)14-23(29)13-21/h2-4,6-7,9,11-14,24H,5,8,10,15-18H2,1H3. The molecule has 35 heavy (non-hydrogen) atoms. The molecule has 1 unspecified atom stereocenters. The molecule has 1 atom stereocenters. The summed E-state index contributed by atoms with van der Waals surface area (Å²) in [5, 5.41) is 2.79. The van der Waals surface area contributed by atoms with Gasteiger partial charge in [-0.2, -0.15) is 0 Å². The van der Waals surface area contributed by atoms with Crippen LogP contribution in [-0.2, 0) is 22.6 Å². The maximum absolute atomic E-state index is 13.7. The maximum Gasteiger partial charge on any atom is 0.254 e. The highest BCUT2D eigenvalue weighted by atomic mass is 35.5. The molecule has 8 heteroatoms. The molecule has 1 saturated heterocycles. The van der Waals surface area contributed by atoms with Gasteiger partial charge in [0.05, 0.1) is 12.6 Å². The molecule has 5 nitrogen and oxygen atoms in total. The number of benzene rings is 2. The van der Waals surface area contributed by atoms with Crippen molar-refractivity contribution in [1.82, 2.24) is 9.80 Å². The van der Waals surface area contributed by atoms with Crippen LogP contribution >= 0.6 is 34.5 Å². The van der Waals surface area contributed by atoms with E-state index in [9.17, 15) is 9.59 Å². The molecule has 0 bridgehead atoms. The number of amides is 2. The third-order valence-corrected chi connectivity index (χ3v) is 7.49. The summed E-state index contributed by atoms with van der Waals surface area (Å²) in [5.74, 6) is -0.411. The molecule has 184 valence electrons. The van der Waals surface area contributed by atoms with Gasteiger partial charge in [0.25, 0.3) is 5.91 Å². The normalized spacial score (nSPS) is 15.2. The van der Waals surface area contributed by atoms with Crippen molar-refractivity contribution in [3.05, 3.63) is 91.6 Å². The summed E-state index contributed by atoms with van der Waals surface area (Å²) in [6.45, 7) is 3.95. The Bertz CT molecular complexity index is 1140. The lowest BCUT2D eigenvalue weighted by Crippen LogP contribution is -2.45. The smallest absolute Gasteiger partial charge is 0.254 e. The van der Waals surface area contributed by atoms with Gasteiger partial charge < -0.3 is 14.5 Å². The Balaban J connectivity index is 1.58. The highest BCUT2D eigenvalue weighted by Gasteiger charge is 2.28. The molecule has 0 N–H and O–H groups in total. The van der Waals surface area contributed by atoms with E-state index in [-0.39, 0.29) is 24.5 Å². The number of carbonyl (C=O) groups is 2. The van der Waals surface area contributed by atoms with E-state index in [2.05, 4.69) is 6.07 Å². The van der Waals surface area contributed by atoms with Crippen molar-refractivity contribution >= 4 is 46.4 Å². The van der Waals surface area contributed by atoms with E-state index >= 15 is 0 Å². The minimum absolute atomic E-state index is 0.0555. The van der Waals surface area contributed by atoms with Crippen LogP contribution in [0.5, 0.6) is 0 Å². The molecule has 2 amide bonds. The van der Waals surface area contributed by atoms with Crippen molar-refractivity contribution < 1.29 is 14.3 Å². The summed E-state index contributed by atoms with van der Waals surface area (Å²) in [4.78, 5) is 31.7. The fourth-order valence-electron chi connectivity index (χ4n) is 4.15. The SMILES string of the molecule is Cc1ccsc1CN(Cc1ccccc1)C(=O)CN(CC1CCCO1)C(=O)c1cc(Cl)cc(Cl)c1. The van der Waals surface area contributed by atoms with Gasteiger partial charge in [-0.1, -0.05) is 53.5 Å². The van der Waals surface area contributed by atoms with Crippen LogP contribution in [-0.4, -0.2) is 47.4 Å². The Hall–Kier alpha value is -2.38. The van der Waals surface area contributed by atoms with E-state index in [0.29, 0.717) is 41.8 Å². The number of thiophene rings is 1. The molecule has 1 aromatic heterocycles. The summed E-state index contributed by atoms with van der Waals surface area (Å²) < 4.78 is 5.79. The van der Waals surface area contributed by atoms with E-state index in [1.165, 1.54) is 0 Å². The zero-order chi connectivity index (χ0) is 24.8. The highest BCUT2D eigenvalue weighted by Crippen LogP contribution is 2.23. The van der Waals surface area contributed by atoms with Gasteiger partial charge in [-0.25, -0.2) is 0 Å². The van der Waals surface area contributed by atoms with Crippen molar-refractivity contribution in [3.8, 4) is 0 Å². The third-order valence-electron chi connectivity index (χ3n) is 6.04. The van der Waals surface area contributed by atoms with Gasteiger partial charge in [0.1, 0.15) is 6.54 Å². The monoisotopic (exact) mass is 530 g/mol. The average molecular weight is 532 g/mol. The number of rotatable bonds is 9. The molecule has 2 heterocycles. The van der Waals surface area contributed by atoms with Crippen molar-refractivity contribution in [3.63, 3.8) is 0 Å². The zero-order valence-electron chi connectivity index (χ0n) is 19.6. The maximum atomic E-state index is 13.7. The molecule has 4 rings (SSSR count). The number of ether oxygens (including phenoxy) is 1. The first-order valence-electron chi connectivity index (χ1n) is 11.6. The molecular formula is C27H28Cl2N2O3S. The quantitative estimate of drug-likeness (QED) is 0.330. The lowest BCUT2D eigenvalue weighted by Gasteiger charge is -2.29. The number of hydrogen-bond acceptors (Lipinski definition) is 4. The first-order chi connectivity index (χ1) is 16.9. The largest absolute Gasteiger partial charge is 0.376 e. The van der Waals surface area contributed by atoms with Gasteiger partial charge in [0, 0.05) is 40.2 Å². The predicted molar refractivity (Wildman–Crippen MR) is 141 cm³/mol. The van der Waals surface area contributed by atoms with Crippen LogP contribution in [0, 0.1) is 6.92 Å². The summed E-state index contributed by atoms with van der Waals surface area (Å²) in [7, 11) is 0. The number of carbonyl (C=O) groups excluding carboxylic acids is 2. The van der Waals surface area contributed by atoms with Crippen LogP contribution in [0.15, 0.2) is 60.0 Å². The highest BCUT2D eigenvalue weighted by molar-refractivity contribution is 7.10. The van der Waals surface area contributed by atoms with Gasteiger partial charge >= 0.3 is 0 Å². The van der Waals surface area contributed by atoms with Crippen LogP contribution in [0.1, 0.15) is 39.2 Å². The van der Waals surface area contributed by atoms with Crippen molar-refractivity contribution in [2.24, 2.45) is 0 Å². The first kappa shape index (κ1) is 25.7. The molecule has 1 aliphatic rings. The van der Waals surface area contributed by atoms with Gasteiger partial charge in [-0.05, 0) is 60.5 Å². The molecule has 3 aromatic rings. The molecule has 1 fully saturated rings. The molecular weight excluding hydrogens is 503 g/mol. The van der Waals surface area contributed by atoms with Gasteiger partial charge in [-0.3, -0.25) is 9.59 Å². The van der Waals surface area contributed by atoms with Crippen molar-refractivity contribution in [1.29, 1.82) is 0 Å². The first-order valence-corrected chi connectivity index (χ1v) is 13.2. The Labute approximate surface area is 220 Å². The fraction of sp³-hybridized carbons (Fsp3) is 0.333. The topological polar surface area (TPSA) is 49.9 Å². The van der Waals surface area contributed by atoms with E-state index in [0.717, 1.165) is 28.8 Å². The zero-order valence-corrected chi connectivity index (χ0v) is 21.9. The van der Waals surface area contributed by atoms with E-state index in [1.807, 2.05) is 47.5 Å². The van der Waals surface area contributed by atoms with E-state index in [1.54, 1.807) is 34.4 Å². The Morgan fingerprint density at radius 1 is 1.03 bits per heavy atom. The second-order valence-electron chi connectivity index (χ2n) is 8.74. The molecule has 2 aromatic carbocycles. The Morgan fingerprint density at radius 3 is 2.40 bits per heavy atom. The van der Waals surface area contributed by atoms with Crippen LogP contribution in [0.2, 0.25) is 10.0 Å². The number of halogens is 2. The fourth-order valence-corrected chi connectivity index (χ4v) is 5.60. The van der Waals surface area contributed by atoms with Crippen LogP contribution in [0.25, 0.3) is 0 Å². The van der Waals surface area contributed by atoms with Crippen molar-refractivity contribution in [2.75, 3.05) is 19.7 Å². The average Bonchev–Trinajstić information content (AvgIpc) is 3.49. The Morgan fingerprint density at radius 2 is 1.77 bits per heavy atom. The van der Waals surface area contributed by atoms with Crippen LogP contribution in [0.3, 0.4) is 0 Å². The molecule has 0 radical (unpaired) electrons. The number of hydrogen-bond donors (Lipinski definition) is 0. The second kappa shape index (κ2) is 12.0. The summed E-state index contributed by atoms with van der Waals surface area (Å²) >= 11 is 13.9. The van der Waals surface area contributed by atoms with E-state index < -0.39 is 0 Å². The lowest BCUT2D eigenvalue weighted by atomic mass is 10.1. The molecule has 0 aliphatic carbocycles. The molecule has 1 aliphatic heterocycles. The van der Waals surface area contributed by atoms with E-state index in [4.69, 9.17) is 27.9 Å². The predicted octanol–water partition coefficient (Wildman–Crippen LogP) is 6.21. The summed E-state index contributed by atoms with van der Waals surface area (Å²) in [6.07, 6.45) is 1.71. The van der Waals surface area contributed by atoms with Crippen LogP contribution in [0.4, 0.5) is 0 Å². The minimum atomic E-state index is -0.287. The number of aryl methyl sites for hydroxylation is 1. The summed E-state index contributed by atoms with van der Waals surface area (Å²) in [6, 6.07) is 16.7. The molecule has 0 spiro atoms. The summed E-state index contributed by atoms with van der Waals surface area (Å²) in [5.41, 5.74) is 2.55. The lowest BCUT2D eigenvalue weighted by molar-refractivity contribution is -0.133. The van der Waals surface area contributed by atoms with Gasteiger partial charge in [0.15, 0.2) is 0 Å². The Kier molecular flexibility index (Phi) is 8.84. The van der Waals surface area contributed by atoms with Gasteiger partial charge in [0.2, 0.25) is 5.91 Å². The van der Waals surface area contributed by atoms with Gasteiger partial charge in [-0.15, -0.1) is 11.3 Å². The number of nitrogens with zero attached hydrogens (tertiary/aromatic N) is 2.